The Balaban J connectivity index is 1.41. The van der Waals surface area contributed by atoms with Gasteiger partial charge in [-0.15, -0.1) is 0 Å². The molecule has 2 aromatic carbocycles. The highest BCUT2D eigenvalue weighted by molar-refractivity contribution is 5.92. The summed E-state index contributed by atoms with van der Waals surface area (Å²) in [5, 5.41) is 10.6. The normalized spacial score (nSPS) is 17.5. The summed E-state index contributed by atoms with van der Waals surface area (Å²) in [7, 11) is 0. The number of hydroxylamine groups is 1. The summed E-state index contributed by atoms with van der Waals surface area (Å²) in [6, 6.07) is 12.7. The fourth-order valence-corrected chi connectivity index (χ4v) is 4.03. The van der Waals surface area contributed by atoms with Crippen molar-refractivity contribution >= 4 is 12.0 Å². The van der Waals surface area contributed by atoms with Crippen LogP contribution in [0.15, 0.2) is 42.5 Å². The van der Waals surface area contributed by atoms with Crippen molar-refractivity contribution < 1.29 is 14.7 Å². The number of nitrogens with one attached hydrogen (secondary N) is 1. The van der Waals surface area contributed by atoms with E-state index in [-0.39, 0.29) is 11.7 Å². The van der Waals surface area contributed by atoms with E-state index in [2.05, 4.69) is 41.6 Å². The lowest BCUT2D eigenvalue weighted by Crippen LogP contribution is -2.32. The molecule has 1 amide bonds. The molecule has 2 aliphatic heterocycles. The van der Waals surface area contributed by atoms with Gasteiger partial charge in [0, 0.05) is 23.7 Å². The summed E-state index contributed by atoms with van der Waals surface area (Å²) < 4.78 is 0. The molecule has 1 saturated heterocycles. The molecule has 146 valence electrons. The number of aromatic hydroxyl groups is 1. The number of hydrogen-bond donors (Lipinski definition) is 2. The second-order valence-electron chi connectivity index (χ2n) is 7.54. The van der Waals surface area contributed by atoms with Gasteiger partial charge in [0.25, 0.3) is 5.91 Å². The number of piperidine rings is 1. The molecule has 1 fully saturated rings. The average Bonchev–Trinajstić information content (AvgIpc) is 2.93. The van der Waals surface area contributed by atoms with Crippen molar-refractivity contribution in [2.45, 2.75) is 38.6 Å². The second kappa shape index (κ2) is 8.07. The minimum atomic E-state index is -0.341. The fraction of sp³-hybridized carbons (Fsp3) is 0.348. The zero-order valence-electron chi connectivity index (χ0n) is 16.1. The standard InChI is InChI=1S/C23H26N2O3/c1-2-16-4-3-5-19(14-16)17-10-12-25(13-11-17)15-20-7-6-18-8-9-21(26)24-28-23(18)22(20)27/h3-9,14,17,27H,2,10-13,15H2,1H3,(H,24,26). The quantitative estimate of drug-likeness (QED) is 0.850. The molecule has 0 spiro atoms. The van der Waals surface area contributed by atoms with Crippen LogP contribution in [0.5, 0.6) is 11.5 Å². The molecule has 0 atom stereocenters. The summed E-state index contributed by atoms with van der Waals surface area (Å²) >= 11 is 0. The van der Waals surface area contributed by atoms with Crippen molar-refractivity contribution in [1.82, 2.24) is 10.4 Å². The van der Waals surface area contributed by atoms with Crippen LogP contribution in [0.4, 0.5) is 0 Å². The number of carbonyl (C=O) groups excluding carboxylic acids is 1. The molecule has 0 unspecified atom stereocenters. The highest BCUT2D eigenvalue weighted by atomic mass is 16.7. The van der Waals surface area contributed by atoms with Crippen LogP contribution in [0.25, 0.3) is 6.08 Å². The zero-order chi connectivity index (χ0) is 19.5. The summed E-state index contributed by atoms with van der Waals surface area (Å²) in [5.74, 6) is 0.673. The van der Waals surface area contributed by atoms with Crippen molar-refractivity contribution in [2.24, 2.45) is 0 Å². The van der Waals surface area contributed by atoms with Gasteiger partial charge < -0.3 is 9.94 Å². The molecule has 2 N–H and O–H groups in total. The van der Waals surface area contributed by atoms with Crippen molar-refractivity contribution in [3.8, 4) is 11.5 Å². The number of nitrogens with zero attached hydrogens (tertiary/aromatic N) is 1. The number of amides is 1. The summed E-state index contributed by atoms with van der Waals surface area (Å²) in [6.07, 6.45) is 6.35. The SMILES string of the molecule is CCc1cccc(C2CCN(Cc3ccc4c(c3O)ONC(=O)C=C4)CC2)c1. The molecule has 2 aliphatic rings. The molecule has 0 saturated carbocycles. The molecular weight excluding hydrogens is 352 g/mol. The first-order valence-corrected chi connectivity index (χ1v) is 9.95. The van der Waals surface area contributed by atoms with E-state index in [1.165, 1.54) is 17.2 Å². The Morgan fingerprint density at radius 2 is 2.00 bits per heavy atom. The van der Waals surface area contributed by atoms with Gasteiger partial charge >= 0.3 is 0 Å². The maximum Gasteiger partial charge on any atom is 0.276 e. The van der Waals surface area contributed by atoms with E-state index in [1.807, 2.05) is 12.1 Å². The topological polar surface area (TPSA) is 61.8 Å². The molecule has 2 aromatic rings. The smallest absolute Gasteiger partial charge is 0.276 e. The van der Waals surface area contributed by atoms with Crippen LogP contribution in [-0.4, -0.2) is 29.0 Å². The number of rotatable bonds is 4. The number of phenolic OH excluding ortho intramolecular Hbond substituents is 1. The number of aryl methyl sites for hydroxylation is 1. The van der Waals surface area contributed by atoms with E-state index in [0.717, 1.165) is 37.9 Å². The number of fused-ring (bicyclic) bond motifs is 1. The maximum absolute atomic E-state index is 11.4. The average molecular weight is 378 g/mol. The molecule has 0 aromatic heterocycles. The summed E-state index contributed by atoms with van der Waals surface area (Å²) in [4.78, 5) is 19.1. The lowest BCUT2D eigenvalue weighted by atomic mass is 9.88. The number of carbonyl (C=O) groups is 1. The van der Waals surface area contributed by atoms with Crippen LogP contribution in [-0.2, 0) is 17.8 Å². The highest BCUT2D eigenvalue weighted by Crippen LogP contribution is 2.37. The first-order valence-electron chi connectivity index (χ1n) is 9.95. The first-order chi connectivity index (χ1) is 13.6. The highest BCUT2D eigenvalue weighted by Gasteiger charge is 2.23. The number of hydrogen-bond acceptors (Lipinski definition) is 4. The van der Waals surface area contributed by atoms with E-state index >= 15 is 0 Å². The predicted octanol–water partition coefficient (Wildman–Crippen LogP) is 3.77. The van der Waals surface area contributed by atoms with Crippen LogP contribution in [0.3, 0.4) is 0 Å². The van der Waals surface area contributed by atoms with Crippen LogP contribution in [0, 0.1) is 0 Å². The maximum atomic E-state index is 11.4. The molecule has 0 radical (unpaired) electrons. The third kappa shape index (κ3) is 3.90. The van der Waals surface area contributed by atoms with Gasteiger partial charge in [0.15, 0.2) is 5.75 Å². The van der Waals surface area contributed by atoms with Crippen molar-refractivity contribution in [3.63, 3.8) is 0 Å². The molecule has 0 bridgehead atoms. The second-order valence-corrected chi connectivity index (χ2v) is 7.54. The molecule has 5 heteroatoms. The largest absolute Gasteiger partial charge is 0.504 e. The third-order valence-electron chi connectivity index (χ3n) is 5.73. The summed E-state index contributed by atoms with van der Waals surface area (Å²) in [6.45, 7) is 4.85. The van der Waals surface area contributed by atoms with Crippen molar-refractivity contribution in [2.75, 3.05) is 13.1 Å². The van der Waals surface area contributed by atoms with Gasteiger partial charge in [0.1, 0.15) is 0 Å². The van der Waals surface area contributed by atoms with E-state index in [1.54, 1.807) is 6.08 Å². The van der Waals surface area contributed by atoms with Gasteiger partial charge in [-0.25, -0.2) is 0 Å². The Bertz CT molecular complexity index is 899. The van der Waals surface area contributed by atoms with Crippen LogP contribution < -0.4 is 10.3 Å². The fourth-order valence-electron chi connectivity index (χ4n) is 4.03. The molecule has 28 heavy (non-hydrogen) atoms. The molecule has 4 rings (SSSR count). The number of phenols is 1. The Kier molecular flexibility index (Phi) is 5.35. The summed E-state index contributed by atoms with van der Waals surface area (Å²) in [5.41, 5.74) is 6.66. The van der Waals surface area contributed by atoms with Crippen LogP contribution >= 0.6 is 0 Å². The van der Waals surface area contributed by atoms with Crippen molar-refractivity contribution in [3.05, 3.63) is 64.7 Å². The lowest BCUT2D eigenvalue weighted by Gasteiger charge is -2.32. The Morgan fingerprint density at radius 3 is 2.79 bits per heavy atom. The van der Waals surface area contributed by atoms with Gasteiger partial charge in [-0.2, -0.15) is 5.48 Å². The third-order valence-corrected chi connectivity index (χ3v) is 5.73. The van der Waals surface area contributed by atoms with E-state index in [4.69, 9.17) is 4.84 Å². The van der Waals surface area contributed by atoms with E-state index < -0.39 is 0 Å². The molecular formula is C23H26N2O3. The lowest BCUT2D eigenvalue weighted by molar-refractivity contribution is -0.122. The number of likely N-dealkylation sites (tertiary alicyclic amines) is 1. The van der Waals surface area contributed by atoms with Crippen LogP contribution in [0.2, 0.25) is 0 Å². The van der Waals surface area contributed by atoms with Crippen molar-refractivity contribution in [1.29, 1.82) is 0 Å². The zero-order valence-corrected chi connectivity index (χ0v) is 16.1. The van der Waals surface area contributed by atoms with Crippen LogP contribution in [0.1, 0.15) is 47.9 Å². The van der Waals surface area contributed by atoms with Gasteiger partial charge in [0.05, 0.1) is 0 Å². The Morgan fingerprint density at radius 1 is 1.18 bits per heavy atom. The van der Waals surface area contributed by atoms with Gasteiger partial charge in [-0.1, -0.05) is 43.3 Å². The molecule has 2 heterocycles. The molecule has 0 aliphatic carbocycles. The predicted molar refractivity (Wildman–Crippen MR) is 109 cm³/mol. The molecule has 5 nitrogen and oxygen atoms in total. The first kappa shape index (κ1) is 18.6. The Labute approximate surface area is 165 Å². The number of benzene rings is 2. The van der Waals surface area contributed by atoms with Gasteiger partial charge in [-0.3, -0.25) is 9.69 Å². The van der Waals surface area contributed by atoms with E-state index in [0.29, 0.717) is 23.8 Å². The van der Waals surface area contributed by atoms with E-state index in [9.17, 15) is 9.90 Å². The Hall–Kier alpha value is -2.79. The minimum Gasteiger partial charge on any atom is -0.504 e. The minimum absolute atomic E-state index is 0.0992. The van der Waals surface area contributed by atoms with Gasteiger partial charge in [-0.05, 0) is 55.5 Å². The monoisotopic (exact) mass is 378 g/mol. The van der Waals surface area contributed by atoms with Gasteiger partial charge in [0.2, 0.25) is 5.75 Å².